The first-order chi connectivity index (χ1) is 8.25. The van der Waals surface area contributed by atoms with Gasteiger partial charge < -0.3 is 9.55 Å². The maximum absolute atomic E-state index is 5.18. The fraction of sp³-hybridized carbons (Fsp3) is 0.0714. The van der Waals surface area contributed by atoms with Crippen LogP contribution in [0.1, 0.15) is 0 Å². The van der Waals surface area contributed by atoms with Gasteiger partial charge in [-0.15, -0.1) is 0 Å². The van der Waals surface area contributed by atoms with Crippen molar-refractivity contribution in [2.45, 2.75) is 0 Å². The highest BCUT2D eigenvalue weighted by Crippen LogP contribution is 2.23. The molecule has 0 saturated carbocycles. The third kappa shape index (κ3) is 1.68. The molecule has 0 aliphatic rings. The molecule has 3 heteroatoms. The summed E-state index contributed by atoms with van der Waals surface area (Å²) in [5.41, 5.74) is 2.29. The van der Waals surface area contributed by atoms with Gasteiger partial charge in [-0.1, -0.05) is 36.4 Å². The number of fused-ring (bicyclic) bond motifs is 1. The SMILES string of the molecule is Cn1c(-c2ccc3ccccc3c2)c[nH]c1=S. The van der Waals surface area contributed by atoms with Crippen molar-refractivity contribution in [3.05, 3.63) is 53.4 Å². The first-order valence-corrected chi connectivity index (χ1v) is 5.90. The van der Waals surface area contributed by atoms with E-state index < -0.39 is 0 Å². The summed E-state index contributed by atoms with van der Waals surface area (Å²) in [5, 5.41) is 2.50. The Hall–Kier alpha value is -1.87. The van der Waals surface area contributed by atoms with Crippen LogP contribution in [0.2, 0.25) is 0 Å². The van der Waals surface area contributed by atoms with Crippen molar-refractivity contribution in [2.24, 2.45) is 7.05 Å². The molecule has 84 valence electrons. The fourth-order valence-corrected chi connectivity index (χ4v) is 2.22. The normalized spacial score (nSPS) is 10.9. The second-order valence-electron chi connectivity index (χ2n) is 4.10. The van der Waals surface area contributed by atoms with Crippen molar-refractivity contribution < 1.29 is 0 Å². The third-order valence-electron chi connectivity index (χ3n) is 3.04. The van der Waals surface area contributed by atoms with Gasteiger partial charge in [0, 0.05) is 18.8 Å². The Labute approximate surface area is 105 Å². The van der Waals surface area contributed by atoms with Crippen LogP contribution in [0.4, 0.5) is 0 Å². The summed E-state index contributed by atoms with van der Waals surface area (Å²) in [6, 6.07) is 14.8. The Balaban J connectivity index is 2.25. The first kappa shape index (κ1) is 10.3. The van der Waals surface area contributed by atoms with E-state index in [-0.39, 0.29) is 0 Å². The van der Waals surface area contributed by atoms with E-state index in [0.29, 0.717) is 0 Å². The van der Waals surface area contributed by atoms with E-state index in [1.54, 1.807) is 0 Å². The summed E-state index contributed by atoms with van der Waals surface area (Å²) in [7, 11) is 1.98. The monoisotopic (exact) mass is 240 g/mol. The molecule has 0 unspecified atom stereocenters. The Morgan fingerprint density at radius 1 is 1.06 bits per heavy atom. The van der Waals surface area contributed by atoms with Gasteiger partial charge in [0.15, 0.2) is 4.77 Å². The van der Waals surface area contributed by atoms with E-state index in [2.05, 4.69) is 47.4 Å². The molecular weight excluding hydrogens is 228 g/mol. The van der Waals surface area contributed by atoms with Gasteiger partial charge in [-0.2, -0.15) is 0 Å². The fourth-order valence-electron chi connectivity index (χ4n) is 2.06. The van der Waals surface area contributed by atoms with Crippen LogP contribution in [0, 0.1) is 4.77 Å². The maximum atomic E-state index is 5.18. The zero-order chi connectivity index (χ0) is 11.8. The van der Waals surface area contributed by atoms with E-state index in [1.807, 2.05) is 17.8 Å². The van der Waals surface area contributed by atoms with E-state index in [9.17, 15) is 0 Å². The number of nitrogens with zero attached hydrogens (tertiary/aromatic N) is 1. The van der Waals surface area contributed by atoms with Crippen LogP contribution in [-0.4, -0.2) is 9.55 Å². The Kier molecular flexibility index (Phi) is 2.34. The molecule has 0 aliphatic heterocycles. The van der Waals surface area contributed by atoms with Crippen molar-refractivity contribution >= 4 is 23.0 Å². The lowest BCUT2D eigenvalue weighted by atomic mass is 10.1. The molecule has 0 saturated heterocycles. The van der Waals surface area contributed by atoms with Crippen LogP contribution in [0.3, 0.4) is 0 Å². The van der Waals surface area contributed by atoms with E-state index in [0.717, 1.165) is 10.5 Å². The minimum atomic E-state index is 0.744. The van der Waals surface area contributed by atoms with E-state index >= 15 is 0 Å². The van der Waals surface area contributed by atoms with Crippen LogP contribution in [0.5, 0.6) is 0 Å². The van der Waals surface area contributed by atoms with Gasteiger partial charge in [-0.05, 0) is 29.1 Å². The molecule has 0 fully saturated rings. The maximum Gasteiger partial charge on any atom is 0.177 e. The van der Waals surface area contributed by atoms with Gasteiger partial charge in [0.25, 0.3) is 0 Å². The molecule has 0 spiro atoms. The largest absolute Gasteiger partial charge is 0.337 e. The summed E-state index contributed by atoms with van der Waals surface area (Å²) in [6.07, 6.45) is 1.95. The molecule has 1 aromatic heterocycles. The summed E-state index contributed by atoms with van der Waals surface area (Å²) >= 11 is 5.18. The number of hydrogen-bond donors (Lipinski definition) is 1. The Morgan fingerprint density at radius 2 is 1.82 bits per heavy atom. The number of aromatic nitrogens is 2. The lowest BCUT2D eigenvalue weighted by Crippen LogP contribution is -1.90. The number of rotatable bonds is 1. The first-order valence-electron chi connectivity index (χ1n) is 5.49. The molecule has 0 atom stereocenters. The van der Waals surface area contributed by atoms with Gasteiger partial charge in [0.1, 0.15) is 0 Å². The average molecular weight is 240 g/mol. The molecule has 0 aliphatic carbocycles. The Bertz CT molecular complexity index is 737. The molecule has 3 aromatic rings. The molecule has 0 radical (unpaired) electrons. The van der Waals surface area contributed by atoms with Gasteiger partial charge in [0.2, 0.25) is 0 Å². The van der Waals surface area contributed by atoms with Crippen LogP contribution >= 0.6 is 12.2 Å². The smallest absolute Gasteiger partial charge is 0.177 e. The molecule has 17 heavy (non-hydrogen) atoms. The average Bonchev–Trinajstić information content (AvgIpc) is 2.70. The predicted molar refractivity (Wildman–Crippen MR) is 73.5 cm³/mol. The number of aromatic amines is 1. The minimum absolute atomic E-state index is 0.744. The van der Waals surface area contributed by atoms with Gasteiger partial charge in [-0.25, -0.2) is 0 Å². The third-order valence-corrected chi connectivity index (χ3v) is 3.44. The predicted octanol–water partition coefficient (Wildman–Crippen LogP) is 3.90. The van der Waals surface area contributed by atoms with E-state index in [1.165, 1.54) is 16.3 Å². The zero-order valence-electron chi connectivity index (χ0n) is 9.47. The van der Waals surface area contributed by atoms with Crippen molar-refractivity contribution in [3.8, 4) is 11.3 Å². The summed E-state index contributed by atoms with van der Waals surface area (Å²) in [4.78, 5) is 3.06. The molecule has 3 rings (SSSR count). The summed E-state index contributed by atoms with van der Waals surface area (Å²) in [6.45, 7) is 0. The number of imidazole rings is 1. The quantitative estimate of drug-likeness (QED) is 0.640. The summed E-state index contributed by atoms with van der Waals surface area (Å²) in [5.74, 6) is 0. The van der Waals surface area contributed by atoms with Crippen LogP contribution < -0.4 is 0 Å². The second-order valence-corrected chi connectivity index (χ2v) is 4.49. The number of H-pyrrole nitrogens is 1. The molecule has 2 aromatic carbocycles. The molecular formula is C14H12N2S. The number of nitrogens with one attached hydrogen (secondary N) is 1. The lowest BCUT2D eigenvalue weighted by Gasteiger charge is -2.04. The molecule has 1 heterocycles. The minimum Gasteiger partial charge on any atom is -0.337 e. The van der Waals surface area contributed by atoms with Crippen molar-refractivity contribution in [2.75, 3.05) is 0 Å². The van der Waals surface area contributed by atoms with Gasteiger partial charge in [-0.3, -0.25) is 0 Å². The van der Waals surface area contributed by atoms with Crippen LogP contribution in [0.15, 0.2) is 48.7 Å². The standard InChI is InChI=1S/C14H12N2S/c1-16-13(9-15-14(16)17)12-7-6-10-4-2-3-5-11(10)8-12/h2-9H,1H3,(H,15,17). The highest BCUT2D eigenvalue weighted by molar-refractivity contribution is 7.71. The lowest BCUT2D eigenvalue weighted by molar-refractivity contribution is 0.902. The molecule has 2 nitrogen and oxygen atoms in total. The number of benzene rings is 2. The van der Waals surface area contributed by atoms with E-state index in [4.69, 9.17) is 12.2 Å². The topological polar surface area (TPSA) is 20.7 Å². The van der Waals surface area contributed by atoms with Gasteiger partial charge >= 0.3 is 0 Å². The highest BCUT2D eigenvalue weighted by atomic mass is 32.1. The van der Waals surface area contributed by atoms with Crippen LogP contribution in [0.25, 0.3) is 22.0 Å². The summed E-state index contributed by atoms with van der Waals surface area (Å²) < 4.78 is 2.73. The Morgan fingerprint density at radius 3 is 2.53 bits per heavy atom. The molecule has 0 amide bonds. The van der Waals surface area contributed by atoms with Crippen LogP contribution in [-0.2, 0) is 7.05 Å². The zero-order valence-corrected chi connectivity index (χ0v) is 10.3. The van der Waals surface area contributed by atoms with Crippen molar-refractivity contribution in [1.29, 1.82) is 0 Å². The van der Waals surface area contributed by atoms with Crippen molar-refractivity contribution in [3.63, 3.8) is 0 Å². The second kappa shape index (κ2) is 3.86. The molecule has 1 N–H and O–H groups in total. The number of hydrogen-bond acceptors (Lipinski definition) is 1. The van der Waals surface area contributed by atoms with Gasteiger partial charge in [0.05, 0.1) is 5.69 Å². The highest BCUT2D eigenvalue weighted by Gasteiger charge is 2.03. The van der Waals surface area contributed by atoms with Crippen molar-refractivity contribution in [1.82, 2.24) is 9.55 Å². The molecule has 0 bridgehead atoms.